The van der Waals surface area contributed by atoms with E-state index in [1.165, 1.54) is 32.5 Å². The molecule has 2 aromatic rings. The molecule has 0 saturated carbocycles. The first-order valence-corrected chi connectivity index (χ1v) is 7.77. The molecular formula is C16H14F2INO3. The number of halogens is 3. The van der Waals surface area contributed by atoms with Crippen LogP contribution in [0.15, 0.2) is 29.2 Å². The van der Waals surface area contributed by atoms with E-state index < -0.39 is 23.0 Å². The van der Waals surface area contributed by atoms with E-state index in [9.17, 15) is 18.4 Å². The van der Waals surface area contributed by atoms with Crippen molar-refractivity contribution in [1.82, 2.24) is 4.57 Å². The van der Waals surface area contributed by atoms with Crippen LogP contribution in [-0.4, -0.2) is 24.1 Å². The van der Waals surface area contributed by atoms with Crippen LogP contribution >= 0.6 is 22.6 Å². The minimum atomic E-state index is -1.05. The third-order valence-electron chi connectivity index (χ3n) is 3.38. The van der Waals surface area contributed by atoms with Crippen LogP contribution < -0.4 is 5.56 Å². The number of aromatic nitrogens is 1. The molecule has 2 rings (SSSR count). The molecule has 0 aliphatic rings. The Morgan fingerprint density at radius 3 is 2.65 bits per heavy atom. The summed E-state index contributed by atoms with van der Waals surface area (Å²) in [5.41, 5.74) is -0.747. The topological polar surface area (TPSA) is 48.3 Å². The van der Waals surface area contributed by atoms with Gasteiger partial charge in [-0.3, -0.25) is 9.59 Å². The third kappa shape index (κ3) is 3.84. The van der Waals surface area contributed by atoms with Gasteiger partial charge in [0.15, 0.2) is 11.6 Å². The molecule has 4 nitrogen and oxygen atoms in total. The molecule has 1 heterocycles. The second-order valence-corrected chi connectivity index (χ2v) is 6.27. The van der Waals surface area contributed by atoms with Crippen LogP contribution in [0.4, 0.5) is 8.78 Å². The predicted molar refractivity (Wildman–Crippen MR) is 89.8 cm³/mol. The summed E-state index contributed by atoms with van der Waals surface area (Å²) in [5, 5.41) is 0. The van der Waals surface area contributed by atoms with Crippen molar-refractivity contribution in [3.63, 3.8) is 0 Å². The van der Waals surface area contributed by atoms with Gasteiger partial charge in [-0.1, -0.05) is 6.07 Å². The summed E-state index contributed by atoms with van der Waals surface area (Å²) in [6.07, 6.45) is 1.07. The lowest BCUT2D eigenvalue weighted by Crippen LogP contribution is -2.26. The molecule has 0 unspecified atom stereocenters. The maximum absolute atomic E-state index is 14.4. The van der Waals surface area contributed by atoms with Gasteiger partial charge in [0.2, 0.25) is 0 Å². The lowest BCUT2D eigenvalue weighted by atomic mass is 9.98. The van der Waals surface area contributed by atoms with Crippen molar-refractivity contribution >= 4 is 28.4 Å². The summed E-state index contributed by atoms with van der Waals surface area (Å²) < 4.78 is 34.8. The average Bonchev–Trinajstić information content (AvgIpc) is 2.50. The van der Waals surface area contributed by atoms with Crippen molar-refractivity contribution in [2.45, 2.75) is 6.42 Å². The molecule has 0 saturated heterocycles. The number of hydrogen-bond acceptors (Lipinski definition) is 3. The molecule has 1 aromatic heterocycles. The zero-order valence-electron chi connectivity index (χ0n) is 12.5. The van der Waals surface area contributed by atoms with E-state index >= 15 is 0 Å². The minimum Gasteiger partial charge on any atom is -0.377 e. The number of pyridine rings is 1. The van der Waals surface area contributed by atoms with E-state index in [4.69, 9.17) is 4.74 Å². The van der Waals surface area contributed by atoms with Gasteiger partial charge in [0.05, 0.1) is 0 Å². The summed E-state index contributed by atoms with van der Waals surface area (Å²) >= 11 is 1.96. The molecule has 7 heteroatoms. The van der Waals surface area contributed by atoms with Crippen LogP contribution in [0, 0.1) is 15.2 Å². The quantitative estimate of drug-likeness (QED) is 0.539. The van der Waals surface area contributed by atoms with Gasteiger partial charge in [-0.2, -0.15) is 0 Å². The number of carbonyl (C=O) groups is 1. The summed E-state index contributed by atoms with van der Waals surface area (Å²) in [6.45, 7) is -0.250. The van der Waals surface area contributed by atoms with Gasteiger partial charge < -0.3 is 9.30 Å². The zero-order valence-corrected chi connectivity index (χ0v) is 14.7. The van der Waals surface area contributed by atoms with Crippen molar-refractivity contribution in [2.75, 3.05) is 13.7 Å². The zero-order chi connectivity index (χ0) is 17.1. The van der Waals surface area contributed by atoms with Crippen LogP contribution in [0.5, 0.6) is 0 Å². The Balaban J connectivity index is 2.57. The first kappa shape index (κ1) is 17.7. The number of ether oxygens (including phenoxy) is 1. The standard InChI is InChI=1S/C16H14F2INO3/c1-20-7-12(14(21)8-23-2)11(15(18)16(20)22)5-9-3-4-10(19)6-13(9)17/h3-4,6-7H,5,8H2,1-2H3. The number of rotatable bonds is 5. The molecule has 0 N–H and O–H groups in total. The monoisotopic (exact) mass is 433 g/mol. The molecule has 0 atom stereocenters. The second-order valence-electron chi connectivity index (χ2n) is 5.02. The van der Waals surface area contributed by atoms with E-state index in [1.807, 2.05) is 22.6 Å². The molecule has 0 spiro atoms. The second kappa shape index (κ2) is 7.31. The summed E-state index contributed by atoms with van der Waals surface area (Å²) in [7, 11) is 2.69. The number of hydrogen-bond donors (Lipinski definition) is 0. The van der Waals surface area contributed by atoms with E-state index in [0.717, 1.165) is 4.57 Å². The number of methoxy groups -OCH3 is 1. The van der Waals surface area contributed by atoms with Crippen molar-refractivity contribution in [1.29, 1.82) is 0 Å². The summed E-state index contributed by atoms with van der Waals surface area (Å²) in [6, 6.07) is 4.50. The summed E-state index contributed by atoms with van der Waals surface area (Å²) in [5.74, 6) is -2.03. The van der Waals surface area contributed by atoms with Gasteiger partial charge in [0, 0.05) is 41.5 Å². The van der Waals surface area contributed by atoms with E-state index in [0.29, 0.717) is 3.57 Å². The van der Waals surface area contributed by atoms with E-state index in [-0.39, 0.29) is 29.7 Å². The van der Waals surface area contributed by atoms with Crippen molar-refractivity contribution < 1.29 is 18.3 Å². The molecule has 0 bridgehead atoms. The number of nitrogens with zero attached hydrogens (tertiary/aromatic N) is 1. The number of ketones is 1. The Hall–Kier alpha value is -1.61. The van der Waals surface area contributed by atoms with Crippen molar-refractivity contribution in [3.8, 4) is 0 Å². The maximum Gasteiger partial charge on any atom is 0.286 e. The van der Waals surface area contributed by atoms with Gasteiger partial charge in [-0.15, -0.1) is 0 Å². The van der Waals surface area contributed by atoms with Crippen LogP contribution in [-0.2, 0) is 18.2 Å². The van der Waals surface area contributed by atoms with Crippen molar-refractivity contribution in [2.24, 2.45) is 7.05 Å². The number of benzene rings is 1. The fourth-order valence-electron chi connectivity index (χ4n) is 2.21. The number of carbonyl (C=O) groups excluding carboxylic acids is 1. The number of aryl methyl sites for hydroxylation is 1. The van der Waals surface area contributed by atoms with Crippen LogP contribution in [0.3, 0.4) is 0 Å². The highest BCUT2D eigenvalue weighted by Crippen LogP contribution is 2.20. The molecule has 0 aliphatic carbocycles. The smallest absolute Gasteiger partial charge is 0.286 e. The normalized spacial score (nSPS) is 10.8. The largest absolute Gasteiger partial charge is 0.377 e. The summed E-state index contributed by atoms with van der Waals surface area (Å²) in [4.78, 5) is 23.9. The maximum atomic E-state index is 14.4. The Labute approximate surface area is 145 Å². The van der Waals surface area contributed by atoms with Gasteiger partial charge >= 0.3 is 0 Å². The van der Waals surface area contributed by atoms with Gasteiger partial charge in [-0.05, 0) is 40.3 Å². The van der Waals surface area contributed by atoms with E-state index in [2.05, 4.69) is 0 Å². The Kier molecular flexibility index (Phi) is 5.64. The van der Waals surface area contributed by atoms with Crippen LogP contribution in [0.25, 0.3) is 0 Å². The molecule has 23 heavy (non-hydrogen) atoms. The van der Waals surface area contributed by atoms with Gasteiger partial charge in [-0.25, -0.2) is 8.78 Å². The molecule has 0 amide bonds. The molecule has 0 radical (unpaired) electrons. The van der Waals surface area contributed by atoms with E-state index in [1.54, 1.807) is 6.07 Å². The Morgan fingerprint density at radius 1 is 1.35 bits per heavy atom. The SMILES string of the molecule is COCC(=O)c1cn(C)c(=O)c(F)c1Cc1ccc(I)cc1F. The average molecular weight is 433 g/mol. The highest BCUT2D eigenvalue weighted by molar-refractivity contribution is 14.1. The first-order chi connectivity index (χ1) is 10.8. The third-order valence-corrected chi connectivity index (χ3v) is 4.05. The molecule has 0 fully saturated rings. The van der Waals surface area contributed by atoms with Gasteiger partial charge in [0.1, 0.15) is 12.4 Å². The highest BCUT2D eigenvalue weighted by atomic mass is 127. The lowest BCUT2D eigenvalue weighted by Gasteiger charge is -2.12. The first-order valence-electron chi connectivity index (χ1n) is 6.69. The minimum absolute atomic E-state index is 0.0180. The Bertz CT molecular complexity index is 818. The fourth-order valence-corrected chi connectivity index (χ4v) is 2.66. The predicted octanol–water partition coefficient (Wildman–Crippen LogP) is 2.69. The lowest BCUT2D eigenvalue weighted by molar-refractivity contribution is 0.0845. The highest BCUT2D eigenvalue weighted by Gasteiger charge is 2.21. The number of Topliss-reactive ketones (excluding diaryl/α,β-unsaturated/α-hetero) is 1. The molecule has 1 aromatic carbocycles. The van der Waals surface area contributed by atoms with Crippen LogP contribution in [0.2, 0.25) is 0 Å². The molecule has 0 aliphatic heterocycles. The van der Waals surface area contributed by atoms with Crippen LogP contribution in [0.1, 0.15) is 21.5 Å². The van der Waals surface area contributed by atoms with Crippen molar-refractivity contribution in [3.05, 3.63) is 66.6 Å². The molecular weight excluding hydrogens is 419 g/mol. The van der Waals surface area contributed by atoms with Gasteiger partial charge in [0.25, 0.3) is 5.56 Å². The fraction of sp³-hybridized carbons (Fsp3) is 0.250. The molecule has 122 valence electrons. The Morgan fingerprint density at radius 2 is 2.04 bits per heavy atom.